The molecule has 2 aromatic carbocycles. The minimum absolute atomic E-state index is 0.0421. The number of amides is 2. The van der Waals surface area contributed by atoms with Crippen LogP contribution in [0.25, 0.3) is 0 Å². The summed E-state index contributed by atoms with van der Waals surface area (Å²) in [6, 6.07) is 15.3. The van der Waals surface area contributed by atoms with E-state index in [1.165, 1.54) is 5.56 Å². The van der Waals surface area contributed by atoms with Crippen molar-refractivity contribution in [2.45, 2.75) is 45.8 Å². The lowest BCUT2D eigenvalue weighted by Crippen LogP contribution is -2.46. The topological polar surface area (TPSA) is 49.4 Å². The average Bonchev–Trinajstić information content (AvgIpc) is 2.96. The monoisotopic (exact) mass is 336 g/mol. The molecule has 2 amide bonds. The quantitative estimate of drug-likeness (QED) is 0.878. The van der Waals surface area contributed by atoms with Gasteiger partial charge in [-0.1, -0.05) is 61.4 Å². The molecular weight excluding hydrogens is 312 g/mol. The number of carbonyl (C=O) groups excluding carboxylic acids is 2. The molecule has 1 heterocycles. The second kappa shape index (κ2) is 7.51. The van der Waals surface area contributed by atoms with Gasteiger partial charge < -0.3 is 10.2 Å². The summed E-state index contributed by atoms with van der Waals surface area (Å²) < 4.78 is 0. The molecule has 0 saturated heterocycles. The number of hydrogen-bond acceptors (Lipinski definition) is 2. The van der Waals surface area contributed by atoms with E-state index in [2.05, 4.69) is 5.32 Å². The predicted octanol–water partition coefficient (Wildman–Crippen LogP) is 3.44. The van der Waals surface area contributed by atoms with Crippen LogP contribution in [-0.4, -0.2) is 22.8 Å². The zero-order chi connectivity index (χ0) is 17.8. The van der Waals surface area contributed by atoms with E-state index in [-0.39, 0.29) is 11.8 Å². The zero-order valence-corrected chi connectivity index (χ0v) is 14.8. The van der Waals surface area contributed by atoms with Crippen molar-refractivity contribution in [3.8, 4) is 0 Å². The Morgan fingerprint density at radius 3 is 2.56 bits per heavy atom. The maximum atomic E-state index is 12.8. The number of nitrogens with one attached hydrogen (secondary N) is 1. The maximum Gasteiger partial charge on any atom is 0.255 e. The van der Waals surface area contributed by atoms with Gasteiger partial charge in [-0.3, -0.25) is 9.59 Å². The van der Waals surface area contributed by atoms with Crippen LogP contribution in [0.15, 0.2) is 48.5 Å². The fourth-order valence-corrected chi connectivity index (χ4v) is 3.24. The first-order valence-corrected chi connectivity index (χ1v) is 8.82. The van der Waals surface area contributed by atoms with E-state index in [1.54, 1.807) is 4.90 Å². The lowest BCUT2D eigenvalue weighted by molar-refractivity contribution is -0.126. The molecule has 4 heteroatoms. The van der Waals surface area contributed by atoms with Crippen LogP contribution < -0.4 is 5.32 Å². The minimum Gasteiger partial charge on any atom is -0.350 e. The molecule has 1 aliphatic heterocycles. The number of rotatable bonds is 6. The smallest absolute Gasteiger partial charge is 0.255 e. The second-order valence-electron chi connectivity index (χ2n) is 6.60. The normalized spacial score (nSPS) is 14.3. The zero-order valence-electron chi connectivity index (χ0n) is 14.8. The van der Waals surface area contributed by atoms with Crippen molar-refractivity contribution in [3.05, 3.63) is 70.8 Å². The van der Waals surface area contributed by atoms with Gasteiger partial charge in [0, 0.05) is 18.7 Å². The van der Waals surface area contributed by atoms with Gasteiger partial charge in [-0.15, -0.1) is 0 Å². The Balaban J connectivity index is 1.69. The summed E-state index contributed by atoms with van der Waals surface area (Å²) in [5, 5.41) is 2.99. The highest BCUT2D eigenvalue weighted by Crippen LogP contribution is 2.26. The molecule has 2 aromatic rings. The first kappa shape index (κ1) is 17.2. The van der Waals surface area contributed by atoms with Gasteiger partial charge in [-0.25, -0.2) is 0 Å². The van der Waals surface area contributed by atoms with Crippen LogP contribution in [0.2, 0.25) is 0 Å². The first-order chi connectivity index (χ1) is 12.1. The van der Waals surface area contributed by atoms with E-state index in [1.807, 2.05) is 62.4 Å². The summed E-state index contributed by atoms with van der Waals surface area (Å²) in [4.78, 5) is 27.1. The number of benzene rings is 2. The molecule has 1 unspecified atom stereocenters. The second-order valence-corrected chi connectivity index (χ2v) is 6.60. The van der Waals surface area contributed by atoms with E-state index in [0.29, 0.717) is 19.5 Å². The van der Waals surface area contributed by atoms with Gasteiger partial charge in [-0.2, -0.15) is 0 Å². The number of aryl methyl sites for hydroxylation is 1. The Hall–Kier alpha value is -2.62. The molecule has 130 valence electrons. The highest BCUT2D eigenvalue weighted by Gasteiger charge is 2.35. The molecular formula is C21H24N2O2. The minimum atomic E-state index is -0.421. The van der Waals surface area contributed by atoms with Gasteiger partial charge in [0.05, 0.1) is 0 Å². The molecule has 0 bridgehead atoms. The molecule has 0 fully saturated rings. The lowest BCUT2D eigenvalue weighted by atomic mass is 10.1. The molecule has 0 radical (unpaired) electrons. The summed E-state index contributed by atoms with van der Waals surface area (Å²) >= 11 is 0. The number of carbonyl (C=O) groups is 2. The van der Waals surface area contributed by atoms with E-state index in [4.69, 9.17) is 0 Å². The van der Waals surface area contributed by atoms with E-state index < -0.39 is 6.04 Å². The molecule has 4 nitrogen and oxygen atoms in total. The van der Waals surface area contributed by atoms with Gasteiger partial charge in [0.25, 0.3) is 5.91 Å². The largest absolute Gasteiger partial charge is 0.350 e. The van der Waals surface area contributed by atoms with Crippen molar-refractivity contribution >= 4 is 11.8 Å². The number of hydrogen-bond donors (Lipinski definition) is 1. The Labute approximate surface area is 148 Å². The van der Waals surface area contributed by atoms with Crippen molar-refractivity contribution in [3.63, 3.8) is 0 Å². The van der Waals surface area contributed by atoms with Crippen molar-refractivity contribution < 1.29 is 9.59 Å². The van der Waals surface area contributed by atoms with Crippen LogP contribution in [0, 0.1) is 6.92 Å². The SMILES string of the molecule is CCCC(C(=O)NCc1ccc(C)cc1)N1Cc2ccccc2C1=O. The Bertz CT molecular complexity index is 768. The third-order valence-electron chi connectivity index (χ3n) is 4.68. The van der Waals surface area contributed by atoms with Gasteiger partial charge in [0.15, 0.2) is 0 Å². The van der Waals surface area contributed by atoms with E-state index in [0.717, 1.165) is 23.1 Å². The summed E-state index contributed by atoms with van der Waals surface area (Å²) in [6.07, 6.45) is 1.52. The summed E-state index contributed by atoms with van der Waals surface area (Å²) in [6.45, 7) is 5.07. The van der Waals surface area contributed by atoms with Crippen LogP contribution in [0.1, 0.15) is 46.8 Å². The highest BCUT2D eigenvalue weighted by molar-refractivity contribution is 6.01. The van der Waals surface area contributed by atoms with Crippen molar-refractivity contribution in [2.24, 2.45) is 0 Å². The lowest BCUT2D eigenvalue weighted by Gasteiger charge is -2.26. The highest BCUT2D eigenvalue weighted by atomic mass is 16.2. The molecule has 0 saturated carbocycles. The third kappa shape index (κ3) is 3.73. The summed E-state index contributed by atoms with van der Waals surface area (Å²) in [7, 11) is 0. The summed E-state index contributed by atoms with van der Waals surface area (Å²) in [5.41, 5.74) is 3.97. The van der Waals surface area contributed by atoms with Crippen LogP contribution in [0.3, 0.4) is 0 Å². The number of fused-ring (bicyclic) bond motifs is 1. The van der Waals surface area contributed by atoms with Crippen LogP contribution in [0.4, 0.5) is 0 Å². The van der Waals surface area contributed by atoms with E-state index in [9.17, 15) is 9.59 Å². The molecule has 25 heavy (non-hydrogen) atoms. The van der Waals surface area contributed by atoms with Gasteiger partial charge in [-0.05, 0) is 30.5 Å². The molecule has 0 aliphatic carbocycles. The number of nitrogens with zero attached hydrogens (tertiary/aromatic N) is 1. The van der Waals surface area contributed by atoms with Gasteiger partial charge >= 0.3 is 0 Å². The molecule has 1 atom stereocenters. The molecule has 0 aromatic heterocycles. The fourth-order valence-electron chi connectivity index (χ4n) is 3.24. The third-order valence-corrected chi connectivity index (χ3v) is 4.68. The van der Waals surface area contributed by atoms with Crippen molar-refractivity contribution in [1.29, 1.82) is 0 Å². The molecule has 3 rings (SSSR count). The summed E-state index contributed by atoms with van der Waals surface area (Å²) in [5.74, 6) is -0.122. The molecule has 1 aliphatic rings. The standard InChI is InChI=1S/C21H24N2O2/c1-3-6-19(20(24)22-13-16-11-9-15(2)10-12-16)23-14-17-7-4-5-8-18(17)21(23)25/h4-5,7-12,19H,3,6,13-14H2,1-2H3,(H,22,24). The van der Waals surface area contributed by atoms with E-state index >= 15 is 0 Å². The van der Waals surface area contributed by atoms with Gasteiger partial charge in [0.2, 0.25) is 5.91 Å². The predicted molar refractivity (Wildman–Crippen MR) is 98.0 cm³/mol. The molecule has 0 spiro atoms. The van der Waals surface area contributed by atoms with Crippen LogP contribution in [0.5, 0.6) is 0 Å². The van der Waals surface area contributed by atoms with Crippen molar-refractivity contribution in [2.75, 3.05) is 0 Å². The average molecular weight is 336 g/mol. The van der Waals surface area contributed by atoms with Gasteiger partial charge in [0.1, 0.15) is 6.04 Å². The first-order valence-electron chi connectivity index (χ1n) is 8.82. The maximum absolute atomic E-state index is 12.8. The van der Waals surface area contributed by atoms with Crippen LogP contribution >= 0.6 is 0 Å². The Morgan fingerprint density at radius 1 is 1.16 bits per heavy atom. The van der Waals surface area contributed by atoms with Crippen LogP contribution in [-0.2, 0) is 17.9 Å². The fraction of sp³-hybridized carbons (Fsp3) is 0.333. The Kier molecular flexibility index (Phi) is 5.17. The van der Waals surface area contributed by atoms with Crippen molar-refractivity contribution in [1.82, 2.24) is 10.2 Å². The Morgan fingerprint density at radius 2 is 1.88 bits per heavy atom. The molecule has 1 N–H and O–H groups in total.